The molecule has 0 unspecified atom stereocenters. The van der Waals surface area contributed by atoms with Gasteiger partial charge in [0.1, 0.15) is 12.6 Å². The molecule has 256 valence electrons. The van der Waals surface area contributed by atoms with E-state index in [4.69, 9.17) is 4.74 Å². The number of alkyl carbamates (subject to hydrolysis) is 1. The fourth-order valence-corrected chi connectivity index (χ4v) is 5.87. The van der Waals surface area contributed by atoms with Crippen molar-refractivity contribution in [2.24, 2.45) is 0 Å². The van der Waals surface area contributed by atoms with Crippen LogP contribution in [0.5, 0.6) is 0 Å². The number of likely N-dealkylation sites (tertiary alicyclic amines) is 1. The van der Waals surface area contributed by atoms with Crippen LogP contribution in [0.1, 0.15) is 60.5 Å². The Bertz CT molecular complexity index is 1440. The van der Waals surface area contributed by atoms with Crippen LogP contribution in [0.3, 0.4) is 0 Å². The predicted molar refractivity (Wildman–Crippen MR) is 186 cm³/mol. The maximum Gasteiger partial charge on any atom is 0.407 e. The van der Waals surface area contributed by atoms with Gasteiger partial charge >= 0.3 is 6.09 Å². The normalized spacial score (nSPS) is 15.3. The molecule has 1 aliphatic rings. The van der Waals surface area contributed by atoms with Gasteiger partial charge in [-0.3, -0.25) is 14.4 Å². The highest BCUT2D eigenvalue weighted by molar-refractivity contribution is 5.94. The lowest BCUT2D eigenvalue weighted by atomic mass is 10.1. The molecule has 3 N–H and O–H groups in total. The van der Waals surface area contributed by atoms with Gasteiger partial charge in [0.15, 0.2) is 0 Å². The Labute approximate surface area is 284 Å². The molecule has 4 rings (SSSR count). The average molecular weight is 656 g/mol. The molecule has 10 heteroatoms. The van der Waals surface area contributed by atoms with E-state index >= 15 is 0 Å². The molecule has 4 amide bonds. The first-order valence-corrected chi connectivity index (χ1v) is 17.0. The minimum absolute atomic E-state index is 0.0246. The minimum Gasteiger partial charge on any atom is -0.445 e. The summed E-state index contributed by atoms with van der Waals surface area (Å²) in [5, 5.41) is 8.62. The number of hydrogen-bond acceptors (Lipinski definition) is 6. The van der Waals surface area contributed by atoms with Crippen LogP contribution in [0.4, 0.5) is 4.79 Å². The average Bonchev–Trinajstić information content (AvgIpc) is 3.61. The molecule has 3 aromatic carbocycles. The summed E-state index contributed by atoms with van der Waals surface area (Å²) in [5.41, 5.74) is 2.70. The number of benzene rings is 3. The van der Waals surface area contributed by atoms with E-state index in [0.29, 0.717) is 51.0 Å². The molecule has 48 heavy (non-hydrogen) atoms. The lowest BCUT2D eigenvalue weighted by Gasteiger charge is -2.32. The Hall–Kier alpha value is -4.70. The third kappa shape index (κ3) is 11.2. The number of rotatable bonds is 17. The van der Waals surface area contributed by atoms with Gasteiger partial charge in [0.05, 0.1) is 6.04 Å². The highest BCUT2D eigenvalue weighted by Crippen LogP contribution is 2.23. The number of carbonyl (C=O) groups excluding carboxylic acids is 4. The Morgan fingerprint density at radius 2 is 1.54 bits per heavy atom. The molecule has 3 aromatic rings. The molecule has 1 aliphatic heterocycles. The number of likely N-dealkylation sites (N-methyl/N-ethyl adjacent to an activating group) is 1. The zero-order chi connectivity index (χ0) is 34.1. The monoisotopic (exact) mass is 655 g/mol. The van der Waals surface area contributed by atoms with Crippen molar-refractivity contribution in [1.29, 1.82) is 0 Å². The Morgan fingerprint density at radius 3 is 2.21 bits per heavy atom. The molecule has 1 saturated heterocycles. The summed E-state index contributed by atoms with van der Waals surface area (Å²) >= 11 is 0. The number of amides is 4. The van der Waals surface area contributed by atoms with E-state index in [0.717, 1.165) is 30.4 Å². The quantitative estimate of drug-likeness (QED) is 0.184. The molecular weight excluding hydrogens is 606 g/mol. The summed E-state index contributed by atoms with van der Waals surface area (Å²) < 4.78 is 5.29. The first kappa shape index (κ1) is 36.1. The Balaban J connectivity index is 1.36. The summed E-state index contributed by atoms with van der Waals surface area (Å²) in [6, 6.07) is 27.6. The van der Waals surface area contributed by atoms with Crippen LogP contribution in [0.15, 0.2) is 91.0 Å². The van der Waals surface area contributed by atoms with Crippen molar-refractivity contribution >= 4 is 23.8 Å². The smallest absolute Gasteiger partial charge is 0.407 e. The molecule has 0 aliphatic carbocycles. The second kappa shape index (κ2) is 19.2. The number of carbonyl (C=O) groups is 4. The zero-order valence-corrected chi connectivity index (χ0v) is 28.1. The molecule has 1 fully saturated rings. The van der Waals surface area contributed by atoms with Crippen LogP contribution < -0.4 is 16.0 Å². The van der Waals surface area contributed by atoms with Crippen molar-refractivity contribution in [2.75, 3.05) is 33.2 Å². The molecule has 0 saturated carbocycles. The maximum atomic E-state index is 14.0. The first-order chi connectivity index (χ1) is 23.4. The van der Waals surface area contributed by atoms with Crippen molar-refractivity contribution in [3.05, 3.63) is 108 Å². The SMILES string of the molecule is CN[C@@H](C)C(=O)N[C@@H](CCCNC(=O)OCc1ccccc1)C(=O)N1CCC[C@H]1CCN(CCc1ccccc1)C(=O)c1ccccc1. The van der Waals surface area contributed by atoms with Gasteiger partial charge in [0.25, 0.3) is 5.91 Å². The van der Waals surface area contributed by atoms with Crippen molar-refractivity contribution in [1.82, 2.24) is 25.8 Å². The van der Waals surface area contributed by atoms with E-state index < -0.39 is 18.2 Å². The minimum atomic E-state index is -0.740. The summed E-state index contributed by atoms with van der Waals surface area (Å²) in [6.45, 7) is 3.89. The van der Waals surface area contributed by atoms with Crippen LogP contribution in [0.25, 0.3) is 0 Å². The number of nitrogens with one attached hydrogen (secondary N) is 3. The summed E-state index contributed by atoms with van der Waals surface area (Å²) in [5.74, 6) is -0.420. The van der Waals surface area contributed by atoms with E-state index in [9.17, 15) is 19.2 Å². The summed E-state index contributed by atoms with van der Waals surface area (Å²) in [7, 11) is 1.70. The second-order valence-corrected chi connectivity index (χ2v) is 12.2. The van der Waals surface area contributed by atoms with Crippen LogP contribution >= 0.6 is 0 Å². The third-order valence-electron chi connectivity index (χ3n) is 8.81. The molecule has 3 atom stereocenters. The molecule has 0 aromatic heterocycles. The Kier molecular flexibility index (Phi) is 14.5. The van der Waals surface area contributed by atoms with Gasteiger partial charge in [-0.05, 0) is 75.8 Å². The second-order valence-electron chi connectivity index (χ2n) is 12.2. The fourth-order valence-electron chi connectivity index (χ4n) is 5.87. The topological polar surface area (TPSA) is 120 Å². The highest BCUT2D eigenvalue weighted by Gasteiger charge is 2.34. The first-order valence-electron chi connectivity index (χ1n) is 17.0. The van der Waals surface area contributed by atoms with Crippen molar-refractivity contribution in [2.45, 2.75) is 70.2 Å². The Morgan fingerprint density at radius 1 is 0.896 bits per heavy atom. The number of ether oxygens (including phenoxy) is 1. The highest BCUT2D eigenvalue weighted by atomic mass is 16.5. The zero-order valence-electron chi connectivity index (χ0n) is 28.1. The van der Waals surface area contributed by atoms with Gasteiger partial charge in [0, 0.05) is 37.8 Å². The molecule has 0 spiro atoms. The molecule has 0 bridgehead atoms. The standard InChI is InChI=1S/C38H49N5O5/c1-29(39-2)35(44)41-34(21-12-24-40-38(47)48-28-31-16-8-4-9-17-31)37(46)43-25-13-20-33(43)23-27-42(26-22-30-14-6-3-7-15-30)36(45)32-18-10-5-11-19-32/h3-11,14-19,29,33-34,39H,12-13,20-28H2,1-2H3,(H,40,47)(H,41,44)/t29-,33-,34-/m0/s1. The van der Waals surface area contributed by atoms with E-state index in [-0.39, 0.29) is 30.4 Å². The van der Waals surface area contributed by atoms with E-state index in [2.05, 4.69) is 28.1 Å². The van der Waals surface area contributed by atoms with Crippen LogP contribution in [-0.2, 0) is 27.4 Å². The molecule has 0 radical (unpaired) electrons. The van der Waals surface area contributed by atoms with Crippen molar-refractivity contribution < 1.29 is 23.9 Å². The lowest BCUT2D eigenvalue weighted by Crippen LogP contribution is -2.53. The number of nitrogens with zero attached hydrogens (tertiary/aromatic N) is 2. The van der Waals surface area contributed by atoms with E-state index in [1.54, 1.807) is 14.0 Å². The predicted octanol–water partition coefficient (Wildman–Crippen LogP) is 4.55. The summed E-state index contributed by atoms with van der Waals surface area (Å²) in [6.07, 6.45) is 3.37. The van der Waals surface area contributed by atoms with Crippen LogP contribution in [0, 0.1) is 0 Å². The van der Waals surface area contributed by atoms with Crippen molar-refractivity contribution in [3.63, 3.8) is 0 Å². The van der Waals surface area contributed by atoms with Gasteiger partial charge < -0.3 is 30.5 Å². The lowest BCUT2D eigenvalue weighted by molar-refractivity contribution is -0.137. The molecule has 1 heterocycles. The van der Waals surface area contributed by atoms with Gasteiger partial charge in [0.2, 0.25) is 11.8 Å². The van der Waals surface area contributed by atoms with E-state index in [1.807, 2.05) is 88.7 Å². The number of hydrogen-bond donors (Lipinski definition) is 3. The maximum absolute atomic E-state index is 14.0. The van der Waals surface area contributed by atoms with Gasteiger partial charge in [-0.2, -0.15) is 0 Å². The van der Waals surface area contributed by atoms with Gasteiger partial charge in [-0.1, -0.05) is 78.9 Å². The molecule has 10 nitrogen and oxygen atoms in total. The fraction of sp³-hybridized carbons (Fsp3) is 0.421. The van der Waals surface area contributed by atoms with Crippen LogP contribution in [0.2, 0.25) is 0 Å². The largest absolute Gasteiger partial charge is 0.445 e. The third-order valence-corrected chi connectivity index (χ3v) is 8.81. The van der Waals surface area contributed by atoms with E-state index in [1.165, 1.54) is 0 Å². The van der Waals surface area contributed by atoms with Gasteiger partial charge in [-0.25, -0.2) is 4.79 Å². The summed E-state index contributed by atoms with van der Waals surface area (Å²) in [4.78, 5) is 56.4. The van der Waals surface area contributed by atoms with Crippen LogP contribution in [-0.4, -0.2) is 85.0 Å². The molecular formula is C38H49N5O5. The van der Waals surface area contributed by atoms with Gasteiger partial charge in [-0.15, -0.1) is 0 Å². The van der Waals surface area contributed by atoms with Crippen molar-refractivity contribution in [3.8, 4) is 0 Å².